The smallest absolute Gasteiger partial charge is 0.343 e. The Bertz CT molecular complexity index is 1310. The van der Waals surface area contributed by atoms with Crippen LogP contribution in [-0.4, -0.2) is 45.6 Å². The van der Waals surface area contributed by atoms with Gasteiger partial charge in [-0.25, -0.2) is 4.79 Å². The number of carbonyl (C=O) groups excluding carboxylic acids is 1. The van der Waals surface area contributed by atoms with Crippen molar-refractivity contribution in [3.05, 3.63) is 63.7 Å². The first-order chi connectivity index (χ1) is 16.8. The van der Waals surface area contributed by atoms with Gasteiger partial charge in [0.2, 0.25) is 5.75 Å². The maximum absolute atomic E-state index is 13.5. The minimum absolute atomic E-state index is 0.140. The largest absolute Gasteiger partial charge is 0.504 e. The average Bonchev–Trinajstić information content (AvgIpc) is 3.23. The van der Waals surface area contributed by atoms with Gasteiger partial charge in [-0.2, -0.15) is 0 Å². The molecular weight excluding hydrogens is 458 g/mol. The monoisotopic (exact) mass is 483 g/mol. The van der Waals surface area contributed by atoms with Crippen LogP contribution < -0.4 is 34.6 Å². The highest BCUT2D eigenvalue weighted by atomic mass is 16.5. The number of rotatable bonds is 7. The predicted octanol–water partition coefficient (Wildman–Crippen LogP) is 3.22. The minimum atomic E-state index is -1.14. The molecule has 184 valence electrons. The van der Waals surface area contributed by atoms with Crippen LogP contribution in [0.1, 0.15) is 22.8 Å². The summed E-state index contributed by atoms with van der Waals surface area (Å²) in [6.07, 6.45) is -1.14. The number of amides is 1. The maximum Gasteiger partial charge on any atom is 0.343 e. The van der Waals surface area contributed by atoms with Gasteiger partial charge in [0, 0.05) is 23.9 Å². The van der Waals surface area contributed by atoms with Gasteiger partial charge in [0.15, 0.2) is 29.1 Å². The van der Waals surface area contributed by atoms with Crippen LogP contribution in [0.3, 0.4) is 0 Å². The summed E-state index contributed by atoms with van der Waals surface area (Å²) in [5.74, 6) is 0.392. The Morgan fingerprint density at radius 3 is 2.17 bits per heavy atom. The first-order valence-electron chi connectivity index (χ1n) is 10.6. The van der Waals surface area contributed by atoms with Crippen molar-refractivity contribution in [1.82, 2.24) is 0 Å². The van der Waals surface area contributed by atoms with Gasteiger partial charge in [-0.1, -0.05) is 6.07 Å². The van der Waals surface area contributed by atoms with Crippen LogP contribution in [0, 0.1) is 6.92 Å². The van der Waals surface area contributed by atoms with Crippen LogP contribution in [0.5, 0.6) is 34.5 Å². The Balaban J connectivity index is 1.75. The third-order valence-corrected chi connectivity index (χ3v) is 5.69. The summed E-state index contributed by atoms with van der Waals surface area (Å²) in [5, 5.41) is 13.1. The highest BCUT2D eigenvalue weighted by molar-refractivity contribution is 5.97. The zero-order chi connectivity index (χ0) is 25.3. The van der Waals surface area contributed by atoms with Crippen molar-refractivity contribution in [3.63, 3.8) is 0 Å². The van der Waals surface area contributed by atoms with E-state index in [1.54, 1.807) is 37.3 Å². The molecule has 1 aliphatic heterocycles. The number of aromatic hydroxyl groups is 1. The van der Waals surface area contributed by atoms with Crippen LogP contribution in [0.2, 0.25) is 0 Å². The Labute approximate surface area is 200 Å². The number of benzene rings is 2. The van der Waals surface area contributed by atoms with E-state index < -0.39 is 23.6 Å². The van der Waals surface area contributed by atoms with Crippen LogP contribution in [-0.2, 0) is 4.79 Å². The van der Waals surface area contributed by atoms with Crippen molar-refractivity contribution in [2.24, 2.45) is 0 Å². The predicted molar refractivity (Wildman–Crippen MR) is 125 cm³/mol. The molecule has 2 heterocycles. The van der Waals surface area contributed by atoms with E-state index in [2.05, 4.69) is 5.32 Å². The Morgan fingerprint density at radius 1 is 0.943 bits per heavy atom. The van der Waals surface area contributed by atoms with Gasteiger partial charge >= 0.3 is 5.63 Å². The number of fused-ring (bicyclic) bond motifs is 1. The quantitative estimate of drug-likeness (QED) is 0.521. The number of methoxy groups -OCH3 is 4. The lowest BCUT2D eigenvalue weighted by Crippen LogP contribution is -2.35. The first kappa shape index (κ1) is 23.8. The molecule has 1 aliphatic rings. The van der Waals surface area contributed by atoms with E-state index in [9.17, 15) is 14.7 Å². The molecule has 1 aromatic heterocycles. The topological polar surface area (TPSA) is 126 Å². The molecule has 2 aromatic carbocycles. The summed E-state index contributed by atoms with van der Waals surface area (Å²) in [6.45, 7) is 1.61. The van der Waals surface area contributed by atoms with E-state index in [1.165, 1.54) is 34.5 Å². The van der Waals surface area contributed by atoms with Gasteiger partial charge in [-0.15, -0.1) is 0 Å². The standard InChI is InChI=1S/C25H25NO9/c1-12-8-17-21(25(29)34-12)20(13-6-7-16(30-2)15(27)9-13)23(35-17)24(28)26-14-10-18(31-3)22(33-5)19(11-14)32-4/h6-11,20,23,27H,1-5H3,(H,26,28)/t20-,23-/m0/s1. The van der Waals surface area contributed by atoms with E-state index in [0.29, 0.717) is 34.3 Å². The molecule has 0 saturated heterocycles. The fourth-order valence-corrected chi connectivity index (χ4v) is 4.14. The summed E-state index contributed by atoms with van der Waals surface area (Å²) in [4.78, 5) is 26.2. The number of hydrogen-bond donors (Lipinski definition) is 2. The van der Waals surface area contributed by atoms with E-state index in [-0.39, 0.29) is 22.8 Å². The van der Waals surface area contributed by atoms with Gasteiger partial charge in [0.05, 0.1) is 39.9 Å². The highest BCUT2D eigenvalue weighted by Gasteiger charge is 2.43. The van der Waals surface area contributed by atoms with Crippen molar-refractivity contribution >= 4 is 11.6 Å². The number of carbonyl (C=O) groups is 1. The number of anilines is 1. The number of hydrogen-bond acceptors (Lipinski definition) is 9. The summed E-state index contributed by atoms with van der Waals surface area (Å²) in [6, 6.07) is 9.34. The van der Waals surface area contributed by atoms with Crippen molar-refractivity contribution in [1.29, 1.82) is 0 Å². The molecule has 0 radical (unpaired) electrons. The summed E-state index contributed by atoms with van der Waals surface area (Å²) in [5.41, 5.74) is 0.403. The number of phenols is 1. The van der Waals surface area contributed by atoms with Crippen molar-refractivity contribution in [2.45, 2.75) is 18.9 Å². The Kier molecular flexibility index (Phi) is 6.46. The molecule has 4 rings (SSSR count). The van der Waals surface area contributed by atoms with E-state index in [4.69, 9.17) is 28.1 Å². The van der Waals surface area contributed by atoms with Gasteiger partial charge < -0.3 is 38.5 Å². The Morgan fingerprint density at radius 2 is 1.60 bits per heavy atom. The molecule has 10 heteroatoms. The Hall–Kier alpha value is -4.34. The molecule has 2 atom stereocenters. The normalized spacial score (nSPS) is 16.1. The summed E-state index contributed by atoms with van der Waals surface area (Å²) in [7, 11) is 5.83. The molecule has 0 aliphatic carbocycles. The van der Waals surface area contributed by atoms with Crippen LogP contribution in [0.15, 0.2) is 45.6 Å². The first-order valence-corrected chi connectivity index (χ1v) is 10.6. The lowest BCUT2D eigenvalue weighted by molar-refractivity contribution is -0.122. The second kappa shape index (κ2) is 9.49. The SMILES string of the molecule is COc1ccc([C@H]2c3c(cc(C)oc3=O)O[C@@H]2C(=O)Nc2cc(OC)c(OC)c(OC)c2)cc1O. The third-order valence-electron chi connectivity index (χ3n) is 5.69. The molecule has 2 N–H and O–H groups in total. The van der Waals surface area contributed by atoms with Crippen molar-refractivity contribution in [2.75, 3.05) is 33.8 Å². The average molecular weight is 483 g/mol. The summed E-state index contributed by atoms with van der Waals surface area (Å²) >= 11 is 0. The second-order valence-electron chi connectivity index (χ2n) is 7.77. The molecular formula is C25H25NO9. The number of phenolic OH excluding ortho intramolecular Hbond substituents is 1. The summed E-state index contributed by atoms with van der Waals surface area (Å²) < 4.78 is 32.4. The van der Waals surface area contributed by atoms with Crippen LogP contribution >= 0.6 is 0 Å². The lowest BCUT2D eigenvalue weighted by Gasteiger charge is -2.20. The fourth-order valence-electron chi connectivity index (χ4n) is 4.14. The fraction of sp³-hybridized carbons (Fsp3) is 0.280. The van der Waals surface area contributed by atoms with Gasteiger partial charge in [0.1, 0.15) is 11.5 Å². The molecule has 1 amide bonds. The number of ether oxygens (including phenoxy) is 5. The molecule has 0 spiro atoms. The van der Waals surface area contributed by atoms with E-state index in [1.807, 2.05) is 0 Å². The second-order valence-corrected chi connectivity index (χ2v) is 7.77. The minimum Gasteiger partial charge on any atom is -0.504 e. The zero-order valence-corrected chi connectivity index (χ0v) is 19.8. The van der Waals surface area contributed by atoms with Gasteiger partial charge in [0.25, 0.3) is 5.91 Å². The number of nitrogens with one attached hydrogen (secondary N) is 1. The molecule has 3 aromatic rings. The van der Waals surface area contributed by atoms with Crippen molar-refractivity contribution in [3.8, 4) is 34.5 Å². The molecule has 0 unspecified atom stereocenters. The third kappa shape index (κ3) is 4.30. The molecule has 10 nitrogen and oxygen atoms in total. The van der Waals surface area contributed by atoms with Crippen LogP contribution in [0.25, 0.3) is 0 Å². The van der Waals surface area contributed by atoms with E-state index in [0.717, 1.165) is 0 Å². The number of aryl methyl sites for hydroxylation is 1. The highest BCUT2D eigenvalue weighted by Crippen LogP contribution is 2.44. The molecule has 0 fully saturated rings. The van der Waals surface area contributed by atoms with Crippen molar-refractivity contribution < 1.29 is 38.0 Å². The molecule has 0 bridgehead atoms. The van der Waals surface area contributed by atoms with Gasteiger partial charge in [-0.05, 0) is 24.6 Å². The molecule has 0 saturated carbocycles. The zero-order valence-electron chi connectivity index (χ0n) is 19.8. The maximum atomic E-state index is 13.5. The molecule has 35 heavy (non-hydrogen) atoms. The van der Waals surface area contributed by atoms with E-state index >= 15 is 0 Å². The van der Waals surface area contributed by atoms with Gasteiger partial charge in [-0.3, -0.25) is 4.79 Å². The lowest BCUT2D eigenvalue weighted by atomic mass is 9.88. The van der Waals surface area contributed by atoms with Crippen LogP contribution in [0.4, 0.5) is 5.69 Å².